The number of hydrogen-bond acceptors (Lipinski definition) is 7. The van der Waals surface area contributed by atoms with Gasteiger partial charge in [-0.25, -0.2) is 18.2 Å². The van der Waals surface area contributed by atoms with Gasteiger partial charge in [0.25, 0.3) is 0 Å². The monoisotopic (exact) mass is 433 g/mol. The van der Waals surface area contributed by atoms with E-state index in [0.29, 0.717) is 16.4 Å². The smallest absolute Gasteiger partial charge is 0.321 e. The Labute approximate surface area is 166 Å². The Bertz CT molecular complexity index is 915. The Kier molecular flexibility index (Phi) is 7.57. The van der Waals surface area contributed by atoms with Crippen molar-refractivity contribution < 1.29 is 23.1 Å². The van der Waals surface area contributed by atoms with Crippen molar-refractivity contribution in [3.8, 4) is 10.4 Å². The van der Waals surface area contributed by atoms with Gasteiger partial charge in [-0.3, -0.25) is 5.32 Å². The molecule has 0 bridgehead atoms. The Morgan fingerprint density at radius 2 is 2.11 bits per heavy atom. The third kappa shape index (κ3) is 6.15. The molecule has 0 spiro atoms. The Balaban J connectivity index is 2.09. The topological polar surface area (TPSA) is 118 Å². The van der Waals surface area contributed by atoms with Crippen LogP contribution >= 0.6 is 22.9 Å². The average Bonchev–Trinajstić information content (AvgIpc) is 2.94. The minimum atomic E-state index is -3.46. The summed E-state index contributed by atoms with van der Waals surface area (Å²) in [6, 6.07) is 4.30. The molecule has 1 heterocycles. The number of ether oxygens (including phenoxy) is 1. The zero-order valence-electron chi connectivity index (χ0n) is 14.8. The normalized spacial score (nSPS) is 11.4. The molecule has 1 aromatic heterocycles. The summed E-state index contributed by atoms with van der Waals surface area (Å²) in [6.07, 6.45) is 1.10. The SMILES string of the molecule is Cc1nc(NC(=O)NCCOCCO)sc1-c1ccc(Cl)c(S(C)(=O)=O)c1. The number of aromatic nitrogens is 1. The standard InChI is InChI=1S/C16H20ClN3O5S2/c1-10-14(11-3-4-12(17)13(9-11)27(2,23)24)26-16(19-10)20-15(22)18-5-7-25-8-6-21/h3-4,9,21H,5-8H2,1-2H3,(H2,18,19,20,22). The van der Waals surface area contributed by atoms with Crippen LogP contribution in [0.2, 0.25) is 5.02 Å². The van der Waals surface area contributed by atoms with Crippen molar-refractivity contribution in [2.45, 2.75) is 11.8 Å². The molecule has 2 rings (SSSR count). The summed E-state index contributed by atoms with van der Waals surface area (Å²) in [5.74, 6) is 0. The summed E-state index contributed by atoms with van der Waals surface area (Å²) in [4.78, 5) is 17.0. The summed E-state index contributed by atoms with van der Waals surface area (Å²) in [6.45, 7) is 2.49. The van der Waals surface area contributed by atoms with Crippen molar-refractivity contribution in [3.05, 3.63) is 28.9 Å². The maximum Gasteiger partial charge on any atom is 0.321 e. The highest BCUT2D eigenvalue weighted by molar-refractivity contribution is 7.90. The number of halogens is 1. The number of aliphatic hydroxyl groups excluding tert-OH is 1. The maximum absolute atomic E-state index is 11.9. The summed E-state index contributed by atoms with van der Waals surface area (Å²) in [7, 11) is -3.46. The number of rotatable bonds is 8. The Morgan fingerprint density at radius 1 is 1.37 bits per heavy atom. The molecule has 0 saturated carbocycles. The zero-order valence-corrected chi connectivity index (χ0v) is 17.2. The van der Waals surface area contributed by atoms with Gasteiger partial charge in [0, 0.05) is 12.8 Å². The number of thiazole rings is 1. The van der Waals surface area contributed by atoms with E-state index in [9.17, 15) is 13.2 Å². The quantitative estimate of drug-likeness (QED) is 0.550. The van der Waals surface area contributed by atoms with Crippen molar-refractivity contribution in [3.63, 3.8) is 0 Å². The van der Waals surface area contributed by atoms with Crippen LogP contribution in [0.3, 0.4) is 0 Å². The number of carbonyl (C=O) groups is 1. The predicted octanol–water partition coefficient (Wildman–Crippen LogP) is 2.31. The van der Waals surface area contributed by atoms with E-state index in [0.717, 1.165) is 11.1 Å². The number of urea groups is 1. The van der Waals surface area contributed by atoms with Crippen LogP contribution in [-0.2, 0) is 14.6 Å². The van der Waals surface area contributed by atoms with Crippen molar-refractivity contribution in [1.82, 2.24) is 10.3 Å². The molecule has 8 nitrogen and oxygen atoms in total. The van der Waals surface area contributed by atoms with Crippen LogP contribution in [0.15, 0.2) is 23.1 Å². The van der Waals surface area contributed by atoms with Gasteiger partial charge in [0.15, 0.2) is 15.0 Å². The molecule has 11 heteroatoms. The largest absolute Gasteiger partial charge is 0.394 e. The number of sulfone groups is 1. The first-order valence-corrected chi connectivity index (χ1v) is 11.0. The van der Waals surface area contributed by atoms with Gasteiger partial charge in [0.05, 0.1) is 40.3 Å². The van der Waals surface area contributed by atoms with Gasteiger partial charge in [0.1, 0.15) is 0 Å². The van der Waals surface area contributed by atoms with Gasteiger partial charge in [0.2, 0.25) is 0 Å². The van der Waals surface area contributed by atoms with Crippen LogP contribution in [0.4, 0.5) is 9.93 Å². The number of aryl methyl sites for hydroxylation is 1. The molecule has 0 radical (unpaired) electrons. The first-order valence-electron chi connectivity index (χ1n) is 7.93. The molecule has 0 aliphatic heterocycles. The van der Waals surface area contributed by atoms with Gasteiger partial charge in [-0.15, -0.1) is 0 Å². The number of amides is 2. The molecular weight excluding hydrogens is 414 g/mol. The van der Waals surface area contributed by atoms with E-state index in [2.05, 4.69) is 15.6 Å². The lowest BCUT2D eigenvalue weighted by atomic mass is 10.2. The van der Waals surface area contributed by atoms with Crippen molar-refractivity contribution >= 4 is 43.9 Å². The third-order valence-electron chi connectivity index (χ3n) is 3.38. The minimum Gasteiger partial charge on any atom is -0.394 e. The predicted molar refractivity (Wildman–Crippen MR) is 105 cm³/mol. The zero-order chi connectivity index (χ0) is 20.0. The second-order valence-corrected chi connectivity index (χ2v) is 8.96. The fourth-order valence-corrected chi connectivity index (χ4v) is 4.45. The minimum absolute atomic E-state index is 0.0459. The highest BCUT2D eigenvalue weighted by atomic mass is 35.5. The van der Waals surface area contributed by atoms with Crippen LogP contribution < -0.4 is 10.6 Å². The van der Waals surface area contributed by atoms with E-state index in [1.807, 2.05) is 0 Å². The number of benzene rings is 1. The molecule has 2 amide bonds. The molecule has 27 heavy (non-hydrogen) atoms. The number of hydrogen-bond donors (Lipinski definition) is 3. The van der Waals surface area contributed by atoms with E-state index in [1.54, 1.807) is 13.0 Å². The summed E-state index contributed by atoms with van der Waals surface area (Å²) in [5.41, 5.74) is 1.31. The second kappa shape index (κ2) is 9.47. The molecule has 148 valence electrons. The van der Waals surface area contributed by atoms with Crippen LogP contribution in [0.25, 0.3) is 10.4 Å². The van der Waals surface area contributed by atoms with Gasteiger partial charge in [-0.2, -0.15) is 0 Å². The highest BCUT2D eigenvalue weighted by Crippen LogP contribution is 2.35. The lowest BCUT2D eigenvalue weighted by Crippen LogP contribution is -2.31. The molecule has 0 aliphatic rings. The molecule has 0 fully saturated rings. The van der Waals surface area contributed by atoms with Gasteiger partial charge in [-0.05, 0) is 24.6 Å². The first kappa shape index (κ1) is 21.6. The molecule has 3 N–H and O–H groups in total. The van der Waals surface area contributed by atoms with E-state index >= 15 is 0 Å². The fraction of sp³-hybridized carbons (Fsp3) is 0.375. The summed E-state index contributed by atoms with van der Waals surface area (Å²) >= 11 is 7.21. The Hall–Kier alpha value is -1.72. The number of aliphatic hydroxyl groups is 1. The molecular formula is C16H20ClN3O5S2. The highest BCUT2D eigenvalue weighted by Gasteiger charge is 2.17. The number of carbonyl (C=O) groups excluding carboxylic acids is 1. The van der Waals surface area contributed by atoms with Gasteiger partial charge in [-0.1, -0.05) is 29.0 Å². The summed E-state index contributed by atoms with van der Waals surface area (Å²) in [5, 5.41) is 14.4. The van der Waals surface area contributed by atoms with Crippen LogP contribution in [0.5, 0.6) is 0 Å². The van der Waals surface area contributed by atoms with Crippen LogP contribution in [0, 0.1) is 6.92 Å². The molecule has 2 aromatic rings. The van der Waals surface area contributed by atoms with Gasteiger partial charge < -0.3 is 15.2 Å². The van der Waals surface area contributed by atoms with E-state index in [4.69, 9.17) is 21.4 Å². The first-order chi connectivity index (χ1) is 12.7. The third-order valence-corrected chi connectivity index (χ3v) is 6.08. The number of nitrogens with zero attached hydrogens (tertiary/aromatic N) is 1. The van der Waals surface area contributed by atoms with E-state index < -0.39 is 15.9 Å². The molecule has 1 aromatic carbocycles. The molecule has 0 unspecified atom stereocenters. The molecule has 0 aliphatic carbocycles. The van der Waals surface area contributed by atoms with Crippen LogP contribution in [0.1, 0.15) is 5.69 Å². The fourth-order valence-electron chi connectivity index (χ4n) is 2.19. The van der Waals surface area contributed by atoms with Crippen molar-refractivity contribution in [2.24, 2.45) is 0 Å². The van der Waals surface area contributed by atoms with E-state index in [1.165, 1.54) is 23.5 Å². The number of anilines is 1. The molecule has 0 saturated heterocycles. The Morgan fingerprint density at radius 3 is 2.78 bits per heavy atom. The van der Waals surface area contributed by atoms with Crippen molar-refractivity contribution in [1.29, 1.82) is 0 Å². The van der Waals surface area contributed by atoms with Crippen LogP contribution in [-0.4, -0.2) is 57.2 Å². The molecule has 0 atom stereocenters. The lowest BCUT2D eigenvalue weighted by molar-refractivity contribution is 0.0950. The maximum atomic E-state index is 11.9. The number of nitrogens with one attached hydrogen (secondary N) is 2. The summed E-state index contributed by atoms with van der Waals surface area (Å²) < 4.78 is 28.8. The van der Waals surface area contributed by atoms with E-state index in [-0.39, 0.29) is 36.3 Å². The van der Waals surface area contributed by atoms with Gasteiger partial charge >= 0.3 is 6.03 Å². The van der Waals surface area contributed by atoms with Crippen molar-refractivity contribution in [2.75, 3.05) is 37.9 Å². The average molecular weight is 434 g/mol. The lowest BCUT2D eigenvalue weighted by Gasteiger charge is -2.06. The second-order valence-electron chi connectivity index (χ2n) is 5.57.